The summed E-state index contributed by atoms with van der Waals surface area (Å²) in [6.45, 7) is 8.78. The first-order chi connectivity index (χ1) is 12.3. The molecule has 2 aliphatic heterocycles. The molecule has 6 heteroatoms. The van der Waals surface area contributed by atoms with E-state index < -0.39 is 5.60 Å². The Morgan fingerprint density at radius 1 is 1.35 bits per heavy atom. The number of hydrogen-bond acceptors (Lipinski definition) is 4. The number of hydrogen-bond donors (Lipinski definition) is 0. The van der Waals surface area contributed by atoms with Crippen LogP contribution >= 0.6 is 0 Å². The highest BCUT2D eigenvalue weighted by Crippen LogP contribution is 2.37. The normalized spacial score (nSPS) is 22.7. The summed E-state index contributed by atoms with van der Waals surface area (Å²) in [7, 11) is 0. The number of rotatable bonds is 3. The van der Waals surface area contributed by atoms with Gasteiger partial charge in [0.15, 0.2) is 0 Å². The van der Waals surface area contributed by atoms with E-state index >= 15 is 0 Å². The molecule has 0 aromatic heterocycles. The molecule has 1 aromatic carbocycles. The van der Waals surface area contributed by atoms with Crippen molar-refractivity contribution in [2.24, 2.45) is 0 Å². The lowest BCUT2D eigenvalue weighted by molar-refractivity contribution is -0.0510. The second-order valence-electron chi connectivity index (χ2n) is 7.62. The maximum atomic E-state index is 13.6. The number of fused-ring (bicyclic) bond motifs is 2. The Balaban J connectivity index is 1.90. The Kier molecular flexibility index (Phi) is 5.23. The minimum absolute atomic E-state index is 0.108. The van der Waals surface area contributed by atoms with Crippen LogP contribution in [-0.4, -0.2) is 48.5 Å². The van der Waals surface area contributed by atoms with Gasteiger partial charge in [0.25, 0.3) is 0 Å². The summed E-state index contributed by atoms with van der Waals surface area (Å²) in [6, 6.07) is 4.28. The maximum Gasteiger partial charge on any atom is 0.411 e. The molecule has 0 saturated carbocycles. The molecule has 26 heavy (non-hydrogen) atoms. The summed E-state index contributed by atoms with van der Waals surface area (Å²) in [5.41, 5.74) is 1.37. The number of carbonyl (C=O) groups is 1. The smallest absolute Gasteiger partial charge is 0.411 e. The number of amides is 1. The third-order valence-corrected chi connectivity index (χ3v) is 4.39. The Bertz CT molecular complexity index is 710. The van der Waals surface area contributed by atoms with Crippen LogP contribution in [0.2, 0.25) is 0 Å². The van der Waals surface area contributed by atoms with E-state index in [-0.39, 0.29) is 24.0 Å². The van der Waals surface area contributed by atoms with E-state index in [9.17, 15) is 9.18 Å². The van der Waals surface area contributed by atoms with Gasteiger partial charge >= 0.3 is 6.09 Å². The monoisotopic (exact) mass is 363 g/mol. The number of benzene rings is 1. The highest BCUT2D eigenvalue weighted by Gasteiger charge is 2.40. The highest BCUT2D eigenvalue weighted by atomic mass is 19.1. The lowest BCUT2D eigenvalue weighted by Gasteiger charge is -2.44. The van der Waals surface area contributed by atoms with Crippen molar-refractivity contribution < 1.29 is 23.4 Å². The number of ether oxygens (including phenoxy) is 3. The molecular formula is C20H26FNO4. The van der Waals surface area contributed by atoms with E-state index in [1.165, 1.54) is 12.1 Å². The van der Waals surface area contributed by atoms with Crippen molar-refractivity contribution in [1.82, 2.24) is 4.90 Å². The molecule has 0 aliphatic carbocycles. The predicted octanol–water partition coefficient (Wildman–Crippen LogP) is 4.02. The van der Waals surface area contributed by atoms with Crippen molar-refractivity contribution in [2.45, 2.75) is 51.8 Å². The van der Waals surface area contributed by atoms with E-state index in [0.717, 1.165) is 11.1 Å². The molecule has 2 bridgehead atoms. The van der Waals surface area contributed by atoms with Gasteiger partial charge in [-0.15, -0.1) is 0 Å². The first-order valence-electron chi connectivity index (χ1n) is 9.01. The van der Waals surface area contributed by atoms with Crippen LogP contribution in [0.5, 0.6) is 5.75 Å². The number of carbonyl (C=O) groups excluding carboxylic acids is 1. The summed E-state index contributed by atoms with van der Waals surface area (Å²) in [4.78, 5) is 14.4. The zero-order valence-electron chi connectivity index (χ0n) is 15.8. The van der Waals surface area contributed by atoms with Gasteiger partial charge in [-0.05, 0) is 51.8 Å². The van der Waals surface area contributed by atoms with Crippen molar-refractivity contribution in [3.05, 3.63) is 35.7 Å². The van der Waals surface area contributed by atoms with Gasteiger partial charge in [-0.3, -0.25) is 4.90 Å². The number of halogens is 1. The highest BCUT2D eigenvalue weighted by molar-refractivity contribution is 5.76. The fourth-order valence-electron chi connectivity index (χ4n) is 3.43. The molecule has 2 heterocycles. The Labute approximate surface area is 153 Å². The topological polar surface area (TPSA) is 48.0 Å². The van der Waals surface area contributed by atoms with Gasteiger partial charge in [0.05, 0.1) is 31.9 Å². The minimum atomic E-state index is -0.546. The fourth-order valence-corrected chi connectivity index (χ4v) is 3.43. The fraction of sp³-hybridized carbons (Fsp3) is 0.550. The summed E-state index contributed by atoms with van der Waals surface area (Å²) in [5.74, 6) is 0.205. The van der Waals surface area contributed by atoms with Crippen LogP contribution in [0, 0.1) is 5.82 Å². The molecule has 1 saturated heterocycles. The number of morpholine rings is 1. The molecule has 0 spiro atoms. The Morgan fingerprint density at radius 2 is 2.12 bits per heavy atom. The maximum absolute atomic E-state index is 13.6. The molecule has 2 aliphatic rings. The lowest BCUT2D eigenvalue weighted by atomic mass is 9.89. The number of nitrogens with zero attached hydrogens (tertiary/aromatic N) is 1. The summed E-state index contributed by atoms with van der Waals surface area (Å²) < 4.78 is 30.4. The zero-order valence-corrected chi connectivity index (χ0v) is 15.8. The van der Waals surface area contributed by atoms with E-state index in [1.54, 1.807) is 11.0 Å². The SMILES string of the molecule is CCOc1cc(F)ccc1C1=CC2COCC(C1)N2C(=O)OC(C)(C)C. The van der Waals surface area contributed by atoms with Crippen LogP contribution < -0.4 is 4.74 Å². The zero-order chi connectivity index (χ0) is 18.9. The molecular weight excluding hydrogens is 337 g/mol. The van der Waals surface area contributed by atoms with E-state index in [0.29, 0.717) is 32.0 Å². The Hall–Kier alpha value is -2.08. The van der Waals surface area contributed by atoms with Crippen molar-refractivity contribution in [3.8, 4) is 5.75 Å². The first-order valence-corrected chi connectivity index (χ1v) is 9.01. The second-order valence-corrected chi connectivity index (χ2v) is 7.62. The molecule has 2 unspecified atom stereocenters. The van der Waals surface area contributed by atoms with Crippen LogP contribution in [0.3, 0.4) is 0 Å². The molecule has 3 rings (SSSR count). The summed E-state index contributed by atoms with van der Waals surface area (Å²) >= 11 is 0. The molecule has 1 aromatic rings. The molecule has 5 nitrogen and oxygen atoms in total. The van der Waals surface area contributed by atoms with Crippen molar-refractivity contribution in [3.63, 3.8) is 0 Å². The second kappa shape index (κ2) is 7.27. The lowest BCUT2D eigenvalue weighted by Crippen LogP contribution is -2.57. The first kappa shape index (κ1) is 18.7. The predicted molar refractivity (Wildman–Crippen MR) is 96.6 cm³/mol. The molecule has 142 valence electrons. The molecule has 0 radical (unpaired) electrons. The van der Waals surface area contributed by atoms with Crippen LogP contribution in [0.1, 0.15) is 39.7 Å². The average molecular weight is 363 g/mol. The van der Waals surface area contributed by atoms with Crippen LogP contribution in [0.25, 0.3) is 5.57 Å². The van der Waals surface area contributed by atoms with Crippen molar-refractivity contribution >= 4 is 11.7 Å². The van der Waals surface area contributed by atoms with Gasteiger partial charge in [-0.2, -0.15) is 0 Å². The van der Waals surface area contributed by atoms with Crippen molar-refractivity contribution in [1.29, 1.82) is 0 Å². The van der Waals surface area contributed by atoms with Gasteiger partial charge in [0.1, 0.15) is 17.2 Å². The average Bonchev–Trinajstić information content (AvgIpc) is 2.52. The van der Waals surface area contributed by atoms with Gasteiger partial charge < -0.3 is 14.2 Å². The largest absolute Gasteiger partial charge is 0.493 e. The van der Waals surface area contributed by atoms with Crippen molar-refractivity contribution in [2.75, 3.05) is 19.8 Å². The van der Waals surface area contributed by atoms with Crippen LogP contribution in [0.4, 0.5) is 9.18 Å². The van der Waals surface area contributed by atoms with Gasteiger partial charge in [0, 0.05) is 11.6 Å². The standard InChI is InChI=1S/C20H26FNO4/c1-5-25-18-10-14(21)6-7-17(18)13-8-15-11-24-12-16(9-13)22(15)19(23)26-20(2,3)4/h6-8,10,15-16H,5,9,11-12H2,1-4H3. The molecule has 0 N–H and O–H groups in total. The third-order valence-electron chi connectivity index (χ3n) is 4.39. The summed E-state index contributed by atoms with van der Waals surface area (Å²) in [5, 5.41) is 0. The summed E-state index contributed by atoms with van der Waals surface area (Å²) in [6.07, 6.45) is 2.30. The van der Waals surface area contributed by atoms with Gasteiger partial charge in [-0.25, -0.2) is 9.18 Å². The third kappa shape index (κ3) is 4.01. The molecule has 1 amide bonds. The van der Waals surface area contributed by atoms with E-state index in [4.69, 9.17) is 14.2 Å². The Morgan fingerprint density at radius 3 is 2.77 bits per heavy atom. The van der Waals surface area contributed by atoms with Crippen LogP contribution in [0.15, 0.2) is 24.3 Å². The minimum Gasteiger partial charge on any atom is -0.493 e. The van der Waals surface area contributed by atoms with Gasteiger partial charge in [0.2, 0.25) is 0 Å². The molecule has 1 fully saturated rings. The van der Waals surface area contributed by atoms with Gasteiger partial charge in [-0.1, -0.05) is 6.08 Å². The van der Waals surface area contributed by atoms with E-state index in [2.05, 4.69) is 0 Å². The van der Waals surface area contributed by atoms with Crippen LogP contribution in [-0.2, 0) is 9.47 Å². The quantitative estimate of drug-likeness (QED) is 0.814. The molecule has 2 atom stereocenters. The van der Waals surface area contributed by atoms with E-state index in [1.807, 2.05) is 33.8 Å².